The maximum Gasteiger partial charge on any atom is 0.291 e. The van der Waals surface area contributed by atoms with Crippen LogP contribution in [0.2, 0.25) is 0 Å². The Morgan fingerprint density at radius 2 is 2.10 bits per heavy atom. The highest BCUT2D eigenvalue weighted by molar-refractivity contribution is 9.10. The Balaban J connectivity index is 1.76. The van der Waals surface area contributed by atoms with E-state index in [2.05, 4.69) is 37.6 Å². The molecule has 0 bridgehead atoms. The fourth-order valence-electron chi connectivity index (χ4n) is 3.34. The average molecular weight is 466 g/mol. The van der Waals surface area contributed by atoms with Crippen molar-refractivity contribution >= 4 is 49.4 Å². The molecule has 142 valence electrons. The summed E-state index contributed by atoms with van der Waals surface area (Å²) in [5.41, 5.74) is 2.19. The number of amides is 1. The number of anilines is 1. The number of rotatable bonds is 3. The second-order valence-corrected chi connectivity index (χ2v) is 8.24. The second-order valence-electron chi connectivity index (χ2n) is 6.35. The van der Waals surface area contributed by atoms with Gasteiger partial charge in [-0.25, -0.2) is 0 Å². The highest BCUT2D eigenvalue weighted by Crippen LogP contribution is 2.37. The first kappa shape index (κ1) is 17.9. The van der Waals surface area contributed by atoms with Crippen LogP contribution in [-0.4, -0.2) is 32.0 Å². The van der Waals surface area contributed by atoms with Gasteiger partial charge in [0.2, 0.25) is 4.96 Å². The van der Waals surface area contributed by atoms with E-state index in [1.807, 2.05) is 24.3 Å². The summed E-state index contributed by atoms with van der Waals surface area (Å²) in [7, 11) is 0. The maximum absolute atomic E-state index is 13.1. The van der Waals surface area contributed by atoms with Crippen LogP contribution in [0.25, 0.3) is 21.9 Å². The van der Waals surface area contributed by atoms with Crippen molar-refractivity contribution in [1.82, 2.24) is 19.6 Å². The normalized spacial score (nSPS) is 15.2. The van der Waals surface area contributed by atoms with Gasteiger partial charge < -0.3 is 4.90 Å². The summed E-state index contributed by atoms with van der Waals surface area (Å²) in [6.45, 7) is 4.09. The predicted molar refractivity (Wildman–Crippen MR) is 115 cm³/mol. The molecule has 1 aliphatic heterocycles. The number of halogens is 1. The van der Waals surface area contributed by atoms with Crippen LogP contribution in [0.3, 0.4) is 0 Å². The van der Waals surface area contributed by atoms with Gasteiger partial charge in [0.15, 0.2) is 5.82 Å². The zero-order valence-corrected chi connectivity index (χ0v) is 17.3. The Bertz CT molecular complexity index is 1410. The third-order valence-electron chi connectivity index (χ3n) is 4.59. The van der Waals surface area contributed by atoms with E-state index in [1.165, 1.54) is 4.52 Å². The Morgan fingerprint density at radius 3 is 2.83 bits per heavy atom. The third-order valence-corrected chi connectivity index (χ3v) is 6.12. The van der Waals surface area contributed by atoms with Crippen molar-refractivity contribution in [3.63, 3.8) is 0 Å². The summed E-state index contributed by atoms with van der Waals surface area (Å²) in [5.74, 6) is 0.194. The lowest BCUT2D eigenvalue weighted by Crippen LogP contribution is -2.32. The van der Waals surface area contributed by atoms with Crippen LogP contribution < -0.4 is 15.0 Å². The Kier molecular flexibility index (Phi) is 4.14. The summed E-state index contributed by atoms with van der Waals surface area (Å²) < 4.78 is 2.40. The van der Waals surface area contributed by atoms with E-state index in [0.29, 0.717) is 33.0 Å². The molecular formula is C20H12BrN5O2S. The van der Waals surface area contributed by atoms with Gasteiger partial charge in [0.05, 0.1) is 11.3 Å². The first-order valence-electron chi connectivity index (χ1n) is 8.65. The first-order valence-corrected chi connectivity index (χ1v) is 10.3. The summed E-state index contributed by atoms with van der Waals surface area (Å²) in [4.78, 5) is 36.8. The molecule has 0 atom stereocenters. The van der Waals surface area contributed by atoms with Gasteiger partial charge in [-0.05, 0) is 30.3 Å². The number of carbonyl (C=O) groups excluding carboxylic acids is 1. The highest BCUT2D eigenvalue weighted by atomic mass is 79.9. The molecule has 0 saturated carbocycles. The molecule has 1 aromatic carbocycles. The number of aromatic nitrogens is 4. The summed E-state index contributed by atoms with van der Waals surface area (Å²) in [5, 5.41) is 4.33. The number of benzene rings is 1. The number of hydrogen-bond acceptors (Lipinski definition) is 6. The van der Waals surface area contributed by atoms with E-state index in [-0.39, 0.29) is 11.5 Å². The molecule has 7 nitrogen and oxygen atoms in total. The number of thiazole rings is 1. The molecule has 0 fully saturated rings. The number of nitrogens with zero attached hydrogens (tertiary/aromatic N) is 5. The molecule has 0 spiro atoms. The lowest BCUT2D eigenvalue weighted by Gasteiger charge is -2.14. The number of fused-ring (bicyclic) bond motifs is 2. The van der Waals surface area contributed by atoms with Gasteiger partial charge in [-0.2, -0.15) is 9.50 Å². The van der Waals surface area contributed by atoms with Crippen LogP contribution >= 0.6 is 27.3 Å². The molecule has 1 amide bonds. The number of carbonyl (C=O) groups is 1. The van der Waals surface area contributed by atoms with Crippen LogP contribution in [0.5, 0.6) is 0 Å². The van der Waals surface area contributed by atoms with E-state index < -0.39 is 0 Å². The molecule has 0 N–H and O–H groups in total. The summed E-state index contributed by atoms with van der Waals surface area (Å²) in [6, 6.07) is 9.18. The minimum absolute atomic E-state index is 0.230. The quantitative estimate of drug-likeness (QED) is 0.434. The van der Waals surface area contributed by atoms with Crippen molar-refractivity contribution in [2.24, 2.45) is 0 Å². The summed E-state index contributed by atoms with van der Waals surface area (Å²) in [6.07, 6.45) is 4.96. The van der Waals surface area contributed by atoms with E-state index in [4.69, 9.17) is 0 Å². The Hall–Kier alpha value is -3.17. The molecule has 0 radical (unpaired) electrons. The van der Waals surface area contributed by atoms with Gasteiger partial charge in [0.1, 0.15) is 4.53 Å². The molecule has 3 aromatic heterocycles. The van der Waals surface area contributed by atoms with Gasteiger partial charge in [0, 0.05) is 34.5 Å². The van der Waals surface area contributed by atoms with Crippen molar-refractivity contribution in [2.75, 3.05) is 11.4 Å². The molecule has 29 heavy (non-hydrogen) atoms. The minimum atomic E-state index is -0.359. The molecular weight excluding hydrogens is 454 g/mol. The lowest BCUT2D eigenvalue weighted by molar-refractivity contribution is -0.112. The zero-order valence-electron chi connectivity index (χ0n) is 14.9. The molecule has 0 saturated heterocycles. The van der Waals surface area contributed by atoms with Gasteiger partial charge in [0.25, 0.3) is 11.5 Å². The maximum atomic E-state index is 13.1. The zero-order chi connectivity index (χ0) is 20.1. The number of pyridine rings is 1. The van der Waals surface area contributed by atoms with Crippen molar-refractivity contribution in [1.29, 1.82) is 0 Å². The Morgan fingerprint density at radius 1 is 1.24 bits per heavy atom. The third kappa shape index (κ3) is 2.73. The monoisotopic (exact) mass is 465 g/mol. The van der Waals surface area contributed by atoms with Crippen molar-refractivity contribution < 1.29 is 4.79 Å². The van der Waals surface area contributed by atoms with Crippen LogP contribution in [0.15, 0.2) is 64.6 Å². The van der Waals surface area contributed by atoms with Gasteiger partial charge in [-0.1, -0.05) is 33.3 Å². The molecule has 0 aliphatic carbocycles. The SMILES string of the molecule is C=CCN1C(=O)C(=c2sc3nc(-c4cccnc4)nn3c2=O)c2cc(Br)ccc21. The van der Waals surface area contributed by atoms with Crippen molar-refractivity contribution in [2.45, 2.75) is 0 Å². The predicted octanol–water partition coefficient (Wildman–Crippen LogP) is 2.43. The van der Waals surface area contributed by atoms with Gasteiger partial charge in [-0.15, -0.1) is 11.7 Å². The Labute approximate surface area is 176 Å². The molecule has 4 heterocycles. The second kappa shape index (κ2) is 6.71. The highest BCUT2D eigenvalue weighted by Gasteiger charge is 2.34. The van der Waals surface area contributed by atoms with E-state index in [9.17, 15) is 9.59 Å². The topological polar surface area (TPSA) is 80.5 Å². The fraction of sp³-hybridized carbons (Fsp3) is 0.0500. The van der Waals surface area contributed by atoms with Crippen molar-refractivity contribution in [3.8, 4) is 11.4 Å². The molecule has 5 rings (SSSR count). The molecule has 1 aliphatic rings. The largest absolute Gasteiger partial charge is 0.304 e. The van der Waals surface area contributed by atoms with Crippen LogP contribution in [0.1, 0.15) is 5.56 Å². The first-order chi connectivity index (χ1) is 14.1. The smallest absolute Gasteiger partial charge is 0.291 e. The van der Waals surface area contributed by atoms with E-state index >= 15 is 0 Å². The average Bonchev–Trinajstić information content (AvgIpc) is 3.35. The van der Waals surface area contributed by atoms with Crippen LogP contribution in [0, 0.1) is 0 Å². The molecule has 4 aromatic rings. The van der Waals surface area contributed by atoms with E-state index in [0.717, 1.165) is 27.1 Å². The van der Waals surface area contributed by atoms with Gasteiger partial charge in [-0.3, -0.25) is 14.6 Å². The number of hydrogen-bond donors (Lipinski definition) is 0. The minimum Gasteiger partial charge on any atom is -0.304 e. The fourth-order valence-corrected chi connectivity index (χ4v) is 4.69. The lowest BCUT2D eigenvalue weighted by atomic mass is 10.1. The van der Waals surface area contributed by atoms with Crippen LogP contribution in [-0.2, 0) is 4.79 Å². The molecule has 0 unspecified atom stereocenters. The standard InChI is InChI=1S/C20H12BrN5O2S/c1-2-8-25-14-6-5-12(21)9-13(14)15(18(25)27)16-19(28)26-20(29-16)23-17(24-26)11-4-3-7-22-10-11/h2-7,9-10H,1,8H2. The molecule has 9 heteroatoms. The van der Waals surface area contributed by atoms with Crippen molar-refractivity contribution in [3.05, 3.63) is 80.3 Å². The van der Waals surface area contributed by atoms with E-state index in [1.54, 1.807) is 29.4 Å². The van der Waals surface area contributed by atoms with Crippen LogP contribution in [0.4, 0.5) is 5.69 Å². The summed E-state index contributed by atoms with van der Waals surface area (Å²) >= 11 is 4.61. The van der Waals surface area contributed by atoms with Gasteiger partial charge >= 0.3 is 0 Å².